The van der Waals surface area contributed by atoms with E-state index in [1.807, 2.05) is 0 Å². The number of carbonyl (C=O) groups excluding carboxylic acids is 2. The molecule has 1 aliphatic carbocycles. The van der Waals surface area contributed by atoms with Crippen molar-refractivity contribution in [3.05, 3.63) is 7.43 Å². The Labute approximate surface area is 172 Å². The zero-order chi connectivity index (χ0) is 15.6. The van der Waals surface area contributed by atoms with E-state index in [4.69, 9.17) is 0 Å². The predicted molar refractivity (Wildman–Crippen MR) is 92.9 cm³/mol. The smallest absolute Gasteiger partial charge is 0.225 e. The van der Waals surface area contributed by atoms with E-state index in [1.54, 1.807) is 0 Å². The third-order valence-corrected chi connectivity index (χ3v) is 6.16. The van der Waals surface area contributed by atoms with Gasteiger partial charge in [0.2, 0.25) is 5.91 Å². The number of hydrogen-bond acceptors (Lipinski definition) is 3. The molecule has 1 amide bonds. The number of Topliss-reactive ketones (excluding diaryl/α,β-unsaturated/α-hetero) is 1. The number of hydrogen-bond donors (Lipinski definition) is 1. The van der Waals surface area contributed by atoms with Gasteiger partial charge in [-0.2, -0.15) is 0 Å². The van der Waals surface area contributed by atoms with Crippen molar-refractivity contribution in [1.29, 1.82) is 0 Å². The van der Waals surface area contributed by atoms with Crippen LogP contribution in [0.15, 0.2) is 0 Å². The summed E-state index contributed by atoms with van der Waals surface area (Å²) in [5.41, 5.74) is 0.501. The Kier molecular flexibility index (Phi) is 9.06. The molecule has 0 bridgehead atoms. The van der Waals surface area contributed by atoms with Gasteiger partial charge in [-0.3, -0.25) is 9.59 Å². The molecule has 0 aromatic rings. The van der Waals surface area contributed by atoms with Gasteiger partial charge < -0.3 is 17.6 Å². The molecule has 135 valence electrons. The second-order valence-electron chi connectivity index (χ2n) is 7.69. The maximum absolute atomic E-state index is 12.7. The third-order valence-electron chi connectivity index (χ3n) is 6.16. The maximum Gasteiger partial charge on any atom is 0.225 e. The SMILES string of the molecule is CCCC(=O)C1CCC(C(=O)N2CCC3(CC2)CNC3)CC1.[CH3-].[Y]. The van der Waals surface area contributed by atoms with Crippen molar-refractivity contribution in [2.75, 3.05) is 26.2 Å². The number of carbonyl (C=O) groups is 2. The molecule has 0 atom stereocenters. The fraction of sp³-hybridized carbons (Fsp3) is 0.842. The second kappa shape index (κ2) is 9.78. The molecule has 2 heterocycles. The molecule has 2 aliphatic heterocycles. The van der Waals surface area contributed by atoms with Crippen LogP contribution in [-0.4, -0.2) is 42.8 Å². The summed E-state index contributed by atoms with van der Waals surface area (Å²) in [5.74, 6) is 1.20. The Morgan fingerprint density at radius 2 is 1.58 bits per heavy atom. The van der Waals surface area contributed by atoms with Gasteiger partial charge in [0, 0.05) is 77.1 Å². The summed E-state index contributed by atoms with van der Waals surface area (Å²) in [6.07, 6.45) is 7.68. The summed E-state index contributed by atoms with van der Waals surface area (Å²) < 4.78 is 0. The molecule has 0 aromatic heterocycles. The van der Waals surface area contributed by atoms with Crippen LogP contribution in [0.4, 0.5) is 0 Å². The first-order chi connectivity index (χ1) is 10.6. The molecule has 3 aliphatic rings. The molecule has 2 saturated heterocycles. The molecule has 24 heavy (non-hydrogen) atoms. The minimum atomic E-state index is 0. The molecule has 1 radical (unpaired) electrons. The molecule has 0 unspecified atom stereocenters. The monoisotopic (exact) mass is 410 g/mol. The fourth-order valence-electron chi connectivity index (χ4n) is 4.40. The first kappa shape index (κ1) is 22.2. The van der Waals surface area contributed by atoms with E-state index in [0.717, 1.165) is 71.1 Å². The van der Waals surface area contributed by atoms with E-state index in [2.05, 4.69) is 17.1 Å². The van der Waals surface area contributed by atoms with Gasteiger partial charge in [0.15, 0.2) is 0 Å². The van der Waals surface area contributed by atoms with Gasteiger partial charge in [0.25, 0.3) is 0 Å². The average Bonchev–Trinajstić information content (AvgIpc) is 2.53. The van der Waals surface area contributed by atoms with Crippen LogP contribution in [0.2, 0.25) is 0 Å². The predicted octanol–water partition coefficient (Wildman–Crippen LogP) is 2.82. The van der Waals surface area contributed by atoms with Crippen molar-refractivity contribution in [1.82, 2.24) is 10.2 Å². The number of rotatable bonds is 4. The van der Waals surface area contributed by atoms with E-state index < -0.39 is 0 Å². The third kappa shape index (κ3) is 4.89. The molecular weight excluding hydrogens is 377 g/mol. The van der Waals surface area contributed by atoms with Crippen molar-refractivity contribution in [2.24, 2.45) is 17.3 Å². The first-order valence-corrected chi connectivity index (χ1v) is 9.16. The molecule has 4 nitrogen and oxygen atoms in total. The van der Waals surface area contributed by atoms with E-state index in [-0.39, 0.29) is 52.0 Å². The molecule has 3 fully saturated rings. The van der Waals surface area contributed by atoms with Gasteiger partial charge in [-0.05, 0) is 50.4 Å². The number of amides is 1. The standard InChI is InChI=1S/C18H30N2O2.CH3.Y/c1-2-3-16(21)14-4-6-15(7-5-14)17(22)20-10-8-18(9-11-20)12-19-13-18;;/h14-15,19H,2-13H2,1H3;1H3;/q;-1;. The van der Waals surface area contributed by atoms with Crippen LogP contribution < -0.4 is 5.32 Å². The number of likely N-dealkylation sites (tertiary alicyclic amines) is 1. The van der Waals surface area contributed by atoms with Crippen molar-refractivity contribution < 1.29 is 42.3 Å². The minimum Gasteiger partial charge on any atom is -0.358 e. The quantitative estimate of drug-likeness (QED) is 0.726. The van der Waals surface area contributed by atoms with Crippen molar-refractivity contribution in [2.45, 2.75) is 58.3 Å². The molecular formula is C19H33N2O2Y-. The number of ketones is 1. The van der Waals surface area contributed by atoms with Crippen LogP contribution in [0.5, 0.6) is 0 Å². The first-order valence-electron chi connectivity index (χ1n) is 9.16. The minimum absolute atomic E-state index is 0. The summed E-state index contributed by atoms with van der Waals surface area (Å²) in [6.45, 7) is 6.22. The van der Waals surface area contributed by atoms with Gasteiger partial charge >= 0.3 is 0 Å². The fourth-order valence-corrected chi connectivity index (χ4v) is 4.40. The van der Waals surface area contributed by atoms with Crippen LogP contribution in [0, 0.1) is 24.7 Å². The Bertz CT molecular complexity index is 419. The number of nitrogens with one attached hydrogen (secondary N) is 1. The summed E-state index contributed by atoms with van der Waals surface area (Å²) >= 11 is 0. The van der Waals surface area contributed by atoms with Crippen molar-refractivity contribution in [3.8, 4) is 0 Å². The van der Waals surface area contributed by atoms with E-state index in [9.17, 15) is 9.59 Å². The molecule has 1 N–H and O–H groups in total. The summed E-state index contributed by atoms with van der Waals surface area (Å²) in [6, 6.07) is 0. The van der Waals surface area contributed by atoms with Crippen LogP contribution in [0.3, 0.4) is 0 Å². The van der Waals surface area contributed by atoms with Crippen molar-refractivity contribution >= 4 is 11.7 Å². The summed E-state index contributed by atoms with van der Waals surface area (Å²) in [4.78, 5) is 26.8. The second-order valence-corrected chi connectivity index (χ2v) is 7.69. The maximum atomic E-state index is 12.7. The normalized spacial score (nSPS) is 28.3. The van der Waals surface area contributed by atoms with Crippen LogP contribution >= 0.6 is 0 Å². The van der Waals surface area contributed by atoms with Crippen molar-refractivity contribution in [3.63, 3.8) is 0 Å². The summed E-state index contributed by atoms with van der Waals surface area (Å²) in [7, 11) is 0. The van der Waals surface area contributed by atoms with E-state index in [0.29, 0.717) is 23.5 Å². The molecule has 5 heteroatoms. The average molecular weight is 410 g/mol. The molecule has 3 rings (SSSR count). The van der Waals surface area contributed by atoms with Gasteiger partial charge in [-0.15, -0.1) is 0 Å². The van der Waals surface area contributed by atoms with Gasteiger partial charge in [0.1, 0.15) is 5.78 Å². The van der Waals surface area contributed by atoms with Gasteiger partial charge in [0.05, 0.1) is 0 Å². The van der Waals surface area contributed by atoms with E-state index >= 15 is 0 Å². The van der Waals surface area contributed by atoms with Gasteiger partial charge in [-0.25, -0.2) is 0 Å². The zero-order valence-electron chi connectivity index (χ0n) is 15.5. The van der Waals surface area contributed by atoms with Gasteiger partial charge in [-0.1, -0.05) is 6.92 Å². The number of nitrogens with zero attached hydrogens (tertiary/aromatic N) is 1. The van der Waals surface area contributed by atoms with Crippen LogP contribution in [0.25, 0.3) is 0 Å². The Morgan fingerprint density at radius 1 is 1.04 bits per heavy atom. The topological polar surface area (TPSA) is 49.4 Å². The molecule has 0 aromatic carbocycles. The summed E-state index contributed by atoms with van der Waals surface area (Å²) in [5, 5.41) is 3.37. The largest absolute Gasteiger partial charge is 0.358 e. The Hall–Kier alpha value is 0.204. The number of piperidine rings is 1. The van der Waals surface area contributed by atoms with Crippen LogP contribution in [0.1, 0.15) is 58.3 Å². The Morgan fingerprint density at radius 3 is 2.04 bits per heavy atom. The molecule has 1 saturated carbocycles. The zero-order valence-corrected chi connectivity index (χ0v) is 18.3. The molecule has 1 spiro atoms. The Balaban J connectivity index is 0.00000144. The van der Waals surface area contributed by atoms with E-state index in [1.165, 1.54) is 0 Å². The van der Waals surface area contributed by atoms with Crippen LogP contribution in [-0.2, 0) is 42.3 Å².